The molecule has 36 heavy (non-hydrogen) atoms. The molecule has 0 aliphatic heterocycles. The Labute approximate surface area is 217 Å². The second kappa shape index (κ2) is 11.9. The molecule has 0 saturated heterocycles. The molecule has 4 aromatic rings. The number of ether oxygens (including phenoxy) is 3. The normalized spacial score (nSPS) is 10.7. The summed E-state index contributed by atoms with van der Waals surface area (Å²) in [7, 11) is 3.14. The van der Waals surface area contributed by atoms with Crippen LogP contribution in [0, 0.1) is 5.82 Å². The van der Waals surface area contributed by atoms with Gasteiger partial charge in [0.15, 0.2) is 11.5 Å². The largest absolute Gasteiger partial charge is 0.497 e. The SMILES string of the molecule is COc1ccc(CCNC(=O)c2csc(-c3ccc(OCc4c(F)cccc4Cl)c(OC)c3)n2)cc1. The molecule has 4 rings (SSSR count). The van der Waals surface area contributed by atoms with Crippen molar-refractivity contribution in [2.75, 3.05) is 20.8 Å². The zero-order valence-corrected chi connectivity index (χ0v) is 21.3. The van der Waals surface area contributed by atoms with Crippen molar-refractivity contribution in [3.63, 3.8) is 0 Å². The first-order valence-electron chi connectivity index (χ1n) is 11.1. The van der Waals surface area contributed by atoms with Crippen molar-refractivity contribution >= 4 is 28.8 Å². The van der Waals surface area contributed by atoms with Gasteiger partial charge in [-0.25, -0.2) is 9.37 Å². The number of carbonyl (C=O) groups is 1. The lowest BCUT2D eigenvalue weighted by atomic mass is 10.1. The molecule has 3 aromatic carbocycles. The number of nitrogens with zero attached hydrogens (tertiary/aromatic N) is 1. The van der Waals surface area contributed by atoms with Crippen LogP contribution in [0.5, 0.6) is 17.2 Å². The second-order valence-electron chi connectivity index (χ2n) is 7.75. The number of hydrogen-bond acceptors (Lipinski definition) is 6. The number of benzene rings is 3. The van der Waals surface area contributed by atoms with E-state index in [2.05, 4.69) is 10.3 Å². The van der Waals surface area contributed by atoms with Crippen molar-refractivity contribution in [1.82, 2.24) is 10.3 Å². The molecular weight excluding hydrogens is 503 g/mol. The topological polar surface area (TPSA) is 69.7 Å². The van der Waals surface area contributed by atoms with E-state index >= 15 is 0 Å². The molecule has 1 N–H and O–H groups in total. The van der Waals surface area contributed by atoms with Gasteiger partial charge in [-0.1, -0.05) is 29.8 Å². The number of nitrogens with one attached hydrogen (secondary N) is 1. The third kappa shape index (κ3) is 6.13. The van der Waals surface area contributed by atoms with Crippen LogP contribution in [-0.4, -0.2) is 31.7 Å². The number of rotatable bonds is 10. The number of amides is 1. The average Bonchev–Trinajstić information content (AvgIpc) is 3.39. The number of halogens is 2. The maximum atomic E-state index is 14.0. The first-order chi connectivity index (χ1) is 17.5. The Hall–Kier alpha value is -3.62. The molecule has 9 heteroatoms. The highest BCUT2D eigenvalue weighted by Gasteiger charge is 2.15. The summed E-state index contributed by atoms with van der Waals surface area (Å²) in [6.07, 6.45) is 0.698. The van der Waals surface area contributed by atoms with E-state index < -0.39 is 5.82 Å². The predicted molar refractivity (Wildman–Crippen MR) is 139 cm³/mol. The monoisotopic (exact) mass is 526 g/mol. The fraction of sp³-hybridized carbons (Fsp3) is 0.185. The summed E-state index contributed by atoms with van der Waals surface area (Å²) in [5, 5.41) is 5.58. The van der Waals surface area contributed by atoms with Crippen LogP contribution >= 0.6 is 22.9 Å². The fourth-order valence-corrected chi connectivity index (χ4v) is 4.47. The van der Waals surface area contributed by atoms with Gasteiger partial charge in [0.1, 0.15) is 28.9 Å². The summed E-state index contributed by atoms with van der Waals surface area (Å²) in [6, 6.07) is 17.5. The third-order valence-corrected chi connectivity index (χ3v) is 6.68. The summed E-state index contributed by atoms with van der Waals surface area (Å²) in [4.78, 5) is 17.0. The maximum Gasteiger partial charge on any atom is 0.270 e. The van der Waals surface area contributed by atoms with Crippen molar-refractivity contribution < 1.29 is 23.4 Å². The Morgan fingerprint density at radius 1 is 1.06 bits per heavy atom. The van der Waals surface area contributed by atoms with Crippen LogP contribution in [0.3, 0.4) is 0 Å². The van der Waals surface area contributed by atoms with Gasteiger partial charge in [0.25, 0.3) is 5.91 Å². The second-order valence-corrected chi connectivity index (χ2v) is 9.01. The highest BCUT2D eigenvalue weighted by atomic mass is 35.5. The highest BCUT2D eigenvalue weighted by molar-refractivity contribution is 7.13. The molecule has 1 heterocycles. The standard InChI is InChI=1S/C27H24ClFN2O4S/c1-33-19-9-6-17(7-10-19)12-13-30-26(32)23-16-36-27(31-23)18-8-11-24(25(14-18)34-2)35-15-20-21(28)4-3-5-22(20)29/h3-11,14,16H,12-13,15H2,1-2H3,(H,30,32). The molecule has 6 nitrogen and oxygen atoms in total. The Kier molecular flexibility index (Phi) is 8.40. The van der Waals surface area contributed by atoms with Crippen LogP contribution in [0.2, 0.25) is 5.02 Å². The number of methoxy groups -OCH3 is 2. The van der Waals surface area contributed by atoms with E-state index in [1.165, 1.54) is 24.5 Å². The quantitative estimate of drug-likeness (QED) is 0.267. The molecule has 0 bridgehead atoms. The van der Waals surface area contributed by atoms with Crippen molar-refractivity contribution in [1.29, 1.82) is 0 Å². The lowest BCUT2D eigenvalue weighted by molar-refractivity contribution is 0.0950. The Bertz CT molecular complexity index is 1320. The predicted octanol–water partition coefficient (Wildman–Crippen LogP) is 6.17. The van der Waals surface area contributed by atoms with Crippen LogP contribution in [0.1, 0.15) is 21.6 Å². The molecule has 0 radical (unpaired) electrons. The number of carbonyl (C=O) groups excluding carboxylic acids is 1. The van der Waals surface area contributed by atoms with Gasteiger partial charge in [0.2, 0.25) is 0 Å². The average molecular weight is 527 g/mol. The minimum atomic E-state index is -0.435. The van der Waals surface area contributed by atoms with Gasteiger partial charge in [-0.15, -0.1) is 11.3 Å². The van der Waals surface area contributed by atoms with Crippen LogP contribution in [-0.2, 0) is 13.0 Å². The van der Waals surface area contributed by atoms with E-state index in [1.807, 2.05) is 30.3 Å². The first kappa shape index (κ1) is 25.5. The lowest BCUT2D eigenvalue weighted by Crippen LogP contribution is -2.25. The van der Waals surface area contributed by atoms with E-state index in [4.69, 9.17) is 25.8 Å². The number of aromatic nitrogens is 1. The third-order valence-electron chi connectivity index (χ3n) is 5.44. The van der Waals surface area contributed by atoms with Crippen molar-refractivity contribution in [2.45, 2.75) is 13.0 Å². The molecule has 0 saturated carbocycles. The van der Waals surface area contributed by atoms with Crippen LogP contribution in [0.15, 0.2) is 66.0 Å². The van der Waals surface area contributed by atoms with Gasteiger partial charge < -0.3 is 19.5 Å². The highest BCUT2D eigenvalue weighted by Crippen LogP contribution is 2.35. The molecular formula is C27H24ClFN2O4S. The minimum Gasteiger partial charge on any atom is -0.497 e. The maximum absolute atomic E-state index is 14.0. The van der Waals surface area contributed by atoms with Gasteiger partial charge >= 0.3 is 0 Å². The molecule has 0 atom stereocenters. The summed E-state index contributed by atoms with van der Waals surface area (Å²) in [5.74, 6) is 1.02. The van der Waals surface area contributed by atoms with E-state index in [0.29, 0.717) is 40.2 Å². The zero-order chi connectivity index (χ0) is 25.5. The number of thiazole rings is 1. The summed E-state index contributed by atoms with van der Waals surface area (Å²) in [6.45, 7) is 0.448. The Morgan fingerprint density at radius 2 is 1.86 bits per heavy atom. The molecule has 0 aliphatic carbocycles. The van der Waals surface area contributed by atoms with Crippen molar-refractivity contribution in [3.8, 4) is 27.8 Å². The molecule has 1 aromatic heterocycles. The molecule has 0 spiro atoms. The van der Waals surface area contributed by atoms with Crippen LogP contribution in [0.4, 0.5) is 4.39 Å². The van der Waals surface area contributed by atoms with Crippen molar-refractivity contribution in [3.05, 3.63) is 93.7 Å². The van der Waals surface area contributed by atoms with Crippen molar-refractivity contribution in [2.24, 2.45) is 0 Å². The fourth-order valence-electron chi connectivity index (χ4n) is 3.45. The molecule has 186 valence electrons. The van der Waals surface area contributed by atoms with Gasteiger partial charge in [-0.3, -0.25) is 4.79 Å². The van der Waals surface area contributed by atoms with Gasteiger partial charge in [0.05, 0.1) is 19.2 Å². The lowest BCUT2D eigenvalue weighted by Gasteiger charge is -2.13. The smallest absolute Gasteiger partial charge is 0.270 e. The Balaban J connectivity index is 1.38. The van der Waals surface area contributed by atoms with E-state index in [9.17, 15) is 9.18 Å². The van der Waals surface area contributed by atoms with Gasteiger partial charge in [-0.2, -0.15) is 0 Å². The zero-order valence-electron chi connectivity index (χ0n) is 19.7. The summed E-state index contributed by atoms with van der Waals surface area (Å²) < 4.78 is 30.4. The first-order valence-corrected chi connectivity index (χ1v) is 12.3. The molecule has 0 unspecified atom stereocenters. The molecule has 1 amide bonds. The van der Waals surface area contributed by atoms with E-state index in [1.54, 1.807) is 36.8 Å². The summed E-state index contributed by atoms with van der Waals surface area (Å²) >= 11 is 7.44. The molecule has 0 aliphatic rings. The molecule has 0 fully saturated rings. The van der Waals surface area contributed by atoms with Crippen LogP contribution in [0.25, 0.3) is 10.6 Å². The Morgan fingerprint density at radius 3 is 2.58 bits per heavy atom. The van der Waals surface area contributed by atoms with Gasteiger partial charge in [-0.05, 0) is 54.4 Å². The van der Waals surface area contributed by atoms with Crippen LogP contribution < -0.4 is 19.5 Å². The van der Waals surface area contributed by atoms with Gasteiger partial charge in [0, 0.05) is 23.1 Å². The summed E-state index contributed by atoms with van der Waals surface area (Å²) in [5.41, 5.74) is 2.48. The van der Waals surface area contributed by atoms with E-state index in [-0.39, 0.29) is 18.1 Å². The minimum absolute atomic E-state index is 0.0424. The van der Waals surface area contributed by atoms with E-state index in [0.717, 1.165) is 16.9 Å². The number of hydrogen-bond donors (Lipinski definition) is 1.